The zero-order valence-electron chi connectivity index (χ0n) is 12.1. The van der Waals surface area contributed by atoms with Crippen LogP contribution in [0.2, 0.25) is 0 Å². The van der Waals surface area contributed by atoms with Gasteiger partial charge in [-0.05, 0) is 45.3 Å². The molecule has 0 aromatic heterocycles. The summed E-state index contributed by atoms with van der Waals surface area (Å²) in [6, 6.07) is 10.6. The number of ether oxygens (including phenoxy) is 1. The van der Waals surface area contributed by atoms with E-state index in [1.54, 1.807) is 0 Å². The maximum absolute atomic E-state index is 12.3. The molecular formula is C16H23NO2. The largest absolute Gasteiger partial charge is 0.468 e. The molecule has 1 saturated heterocycles. The van der Waals surface area contributed by atoms with Crippen molar-refractivity contribution in [2.24, 2.45) is 0 Å². The third-order valence-electron chi connectivity index (χ3n) is 4.28. The van der Waals surface area contributed by atoms with Gasteiger partial charge in [0.05, 0.1) is 12.5 Å². The van der Waals surface area contributed by atoms with Crippen molar-refractivity contribution < 1.29 is 9.53 Å². The average molecular weight is 261 g/mol. The molecule has 0 amide bonds. The van der Waals surface area contributed by atoms with Crippen molar-refractivity contribution in [1.82, 2.24) is 4.90 Å². The topological polar surface area (TPSA) is 29.5 Å². The van der Waals surface area contributed by atoms with E-state index >= 15 is 0 Å². The number of piperidine rings is 1. The smallest absolute Gasteiger partial charge is 0.316 e. The van der Waals surface area contributed by atoms with Crippen LogP contribution in [0, 0.1) is 0 Å². The fourth-order valence-corrected chi connectivity index (χ4v) is 2.99. The number of likely N-dealkylation sites (tertiary alicyclic amines) is 1. The summed E-state index contributed by atoms with van der Waals surface area (Å²) < 4.78 is 5.09. The Morgan fingerprint density at radius 1 is 1.21 bits per heavy atom. The molecule has 0 aliphatic carbocycles. The van der Waals surface area contributed by atoms with Gasteiger partial charge in [-0.2, -0.15) is 0 Å². The first-order chi connectivity index (χ1) is 9.10. The summed E-state index contributed by atoms with van der Waals surface area (Å²) in [5, 5.41) is 0. The lowest BCUT2D eigenvalue weighted by Gasteiger charge is -2.41. The summed E-state index contributed by atoms with van der Waals surface area (Å²) >= 11 is 0. The molecule has 3 nitrogen and oxygen atoms in total. The van der Waals surface area contributed by atoms with Crippen molar-refractivity contribution >= 4 is 5.97 Å². The third kappa shape index (κ3) is 2.66. The predicted octanol–water partition coefficient (Wildman–Crippen LogP) is 2.60. The average Bonchev–Trinajstić information content (AvgIpc) is 2.47. The molecule has 1 aliphatic heterocycles. The minimum absolute atomic E-state index is 0.0953. The molecule has 0 spiro atoms. The van der Waals surface area contributed by atoms with E-state index in [1.165, 1.54) is 7.11 Å². The number of hydrogen-bond acceptors (Lipinski definition) is 3. The van der Waals surface area contributed by atoms with Gasteiger partial charge in [-0.1, -0.05) is 30.3 Å². The van der Waals surface area contributed by atoms with Crippen molar-refractivity contribution in [2.75, 3.05) is 20.2 Å². The number of rotatable bonds is 3. The Morgan fingerprint density at radius 2 is 1.79 bits per heavy atom. The molecule has 2 rings (SSSR count). The van der Waals surface area contributed by atoms with E-state index in [9.17, 15) is 4.79 Å². The second-order valence-corrected chi connectivity index (χ2v) is 5.57. The molecule has 1 aliphatic rings. The van der Waals surface area contributed by atoms with Crippen LogP contribution in [0.5, 0.6) is 0 Å². The minimum Gasteiger partial charge on any atom is -0.468 e. The number of esters is 1. The Kier molecular flexibility index (Phi) is 4.25. The minimum atomic E-state index is -0.457. The fraction of sp³-hybridized carbons (Fsp3) is 0.562. The molecule has 0 unspecified atom stereocenters. The van der Waals surface area contributed by atoms with Gasteiger partial charge in [0, 0.05) is 6.04 Å². The second kappa shape index (κ2) is 5.74. The van der Waals surface area contributed by atoms with Crippen molar-refractivity contribution in [1.29, 1.82) is 0 Å². The highest BCUT2D eigenvalue weighted by atomic mass is 16.5. The summed E-state index contributed by atoms with van der Waals surface area (Å²) in [5.74, 6) is -0.0953. The lowest BCUT2D eigenvalue weighted by molar-refractivity contribution is -0.150. The molecule has 0 atom stereocenters. The van der Waals surface area contributed by atoms with Crippen LogP contribution in [0.4, 0.5) is 0 Å². The van der Waals surface area contributed by atoms with Gasteiger partial charge >= 0.3 is 5.97 Å². The standard InChI is InChI=1S/C16H23NO2/c1-13(2)17-11-9-16(10-12-17,15(18)19-3)14-7-5-4-6-8-14/h4-8,13H,9-12H2,1-3H3. The van der Waals surface area contributed by atoms with Gasteiger partial charge in [-0.3, -0.25) is 4.79 Å². The van der Waals surface area contributed by atoms with Gasteiger partial charge in [0.1, 0.15) is 0 Å². The van der Waals surface area contributed by atoms with E-state index < -0.39 is 5.41 Å². The summed E-state index contributed by atoms with van der Waals surface area (Å²) in [6.07, 6.45) is 1.67. The van der Waals surface area contributed by atoms with Gasteiger partial charge in [-0.15, -0.1) is 0 Å². The van der Waals surface area contributed by atoms with E-state index in [4.69, 9.17) is 4.74 Å². The lowest BCUT2D eigenvalue weighted by atomic mass is 9.72. The van der Waals surface area contributed by atoms with Crippen LogP contribution in [-0.4, -0.2) is 37.1 Å². The molecular weight excluding hydrogens is 238 g/mol. The highest BCUT2D eigenvalue weighted by Gasteiger charge is 2.44. The molecule has 3 heteroatoms. The van der Waals surface area contributed by atoms with Crippen LogP contribution < -0.4 is 0 Å². The molecule has 1 heterocycles. The Hall–Kier alpha value is -1.35. The zero-order chi connectivity index (χ0) is 13.9. The quantitative estimate of drug-likeness (QED) is 0.783. The normalized spacial score (nSPS) is 19.4. The molecule has 1 fully saturated rings. The summed E-state index contributed by atoms with van der Waals surface area (Å²) in [7, 11) is 1.49. The van der Waals surface area contributed by atoms with E-state index in [0.717, 1.165) is 31.5 Å². The number of methoxy groups -OCH3 is 1. The van der Waals surface area contributed by atoms with Gasteiger partial charge in [0.25, 0.3) is 0 Å². The van der Waals surface area contributed by atoms with Crippen LogP contribution in [0.3, 0.4) is 0 Å². The number of nitrogens with zero attached hydrogens (tertiary/aromatic N) is 1. The predicted molar refractivity (Wildman–Crippen MR) is 76.1 cm³/mol. The van der Waals surface area contributed by atoms with Gasteiger partial charge in [0.2, 0.25) is 0 Å². The zero-order valence-corrected chi connectivity index (χ0v) is 12.1. The molecule has 0 N–H and O–H groups in total. The van der Waals surface area contributed by atoms with Crippen LogP contribution >= 0.6 is 0 Å². The molecule has 0 saturated carbocycles. The Balaban J connectivity index is 2.27. The van der Waals surface area contributed by atoms with Crippen molar-refractivity contribution in [3.63, 3.8) is 0 Å². The Morgan fingerprint density at radius 3 is 2.26 bits per heavy atom. The highest BCUT2D eigenvalue weighted by molar-refractivity contribution is 5.83. The van der Waals surface area contributed by atoms with Gasteiger partial charge in [-0.25, -0.2) is 0 Å². The maximum Gasteiger partial charge on any atom is 0.316 e. The van der Waals surface area contributed by atoms with Crippen molar-refractivity contribution in [2.45, 2.75) is 38.1 Å². The summed E-state index contributed by atoms with van der Waals surface area (Å²) in [6.45, 7) is 6.30. The van der Waals surface area contributed by atoms with Crippen LogP contribution in [0.15, 0.2) is 30.3 Å². The van der Waals surface area contributed by atoms with Gasteiger partial charge < -0.3 is 9.64 Å². The lowest BCUT2D eigenvalue weighted by Crippen LogP contribution is -2.49. The molecule has 19 heavy (non-hydrogen) atoms. The second-order valence-electron chi connectivity index (χ2n) is 5.57. The van der Waals surface area contributed by atoms with E-state index in [0.29, 0.717) is 6.04 Å². The maximum atomic E-state index is 12.3. The van der Waals surface area contributed by atoms with E-state index in [-0.39, 0.29) is 5.97 Å². The Bertz CT molecular complexity index is 420. The molecule has 0 radical (unpaired) electrons. The number of carbonyl (C=O) groups excluding carboxylic acids is 1. The number of hydrogen-bond donors (Lipinski definition) is 0. The monoisotopic (exact) mass is 261 g/mol. The highest BCUT2D eigenvalue weighted by Crippen LogP contribution is 2.37. The molecule has 1 aromatic carbocycles. The first kappa shape index (κ1) is 14.1. The summed E-state index contributed by atoms with van der Waals surface area (Å²) in [5.41, 5.74) is 0.631. The van der Waals surface area contributed by atoms with Gasteiger partial charge in [0.15, 0.2) is 0 Å². The van der Waals surface area contributed by atoms with Crippen molar-refractivity contribution in [3.8, 4) is 0 Å². The van der Waals surface area contributed by atoms with E-state index in [2.05, 4.69) is 18.7 Å². The van der Waals surface area contributed by atoms with Crippen LogP contribution in [0.25, 0.3) is 0 Å². The molecule has 104 valence electrons. The third-order valence-corrected chi connectivity index (χ3v) is 4.28. The first-order valence-electron chi connectivity index (χ1n) is 6.98. The molecule has 0 bridgehead atoms. The SMILES string of the molecule is COC(=O)C1(c2ccccc2)CCN(C(C)C)CC1. The van der Waals surface area contributed by atoms with E-state index in [1.807, 2.05) is 30.3 Å². The first-order valence-corrected chi connectivity index (χ1v) is 6.98. The van der Waals surface area contributed by atoms with Crippen LogP contribution in [-0.2, 0) is 14.9 Å². The number of carbonyl (C=O) groups is 1. The fourth-order valence-electron chi connectivity index (χ4n) is 2.99. The van der Waals surface area contributed by atoms with Crippen LogP contribution in [0.1, 0.15) is 32.3 Å². The number of benzene rings is 1. The summed E-state index contributed by atoms with van der Waals surface area (Å²) in [4.78, 5) is 14.7. The van der Waals surface area contributed by atoms with Crippen molar-refractivity contribution in [3.05, 3.63) is 35.9 Å². The molecule has 1 aromatic rings. The Labute approximate surface area is 115 Å².